The van der Waals surface area contributed by atoms with Gasteiger partial charge in [0.05, 0.1) is 6.04 Å². The maximum Gasteiger partial charge on any atom is 0.410 e. The predicted octanol–water partition coefficient (Wildman–Crippen LogP) is 6.11. The van der Waals surface area contributed by atoms with Crippen LogP contribution in [0.4, 0.5) is 18.0 Å². The topological polar surface area (TPSA) is 49.8 Å². The van der Waals surface area contributed by atoms with Gasteiger partial charge in [0.25, 0.3) is 0 Å². The third-order valence-electron chi connectivity index (χ3n) is 5.48. The second-order valence-electron chi connectivity index (χ2n) is 7.72. The molecule has 1 aliphatic rings. The van der Waals surface area contributed by atoms with Gasteiger partial charge in [-0.1, -0.05) is 42.5 Å². The van der Waals surface area contributed by atoms with Gasteiger partial charge in [0.15, 0.2) is 0 Å². The number of rotatable bonds is 5. The molecule has 2 atom stereocenters. The van der Waals surface area contributed by atoms with Gasteiger partial charge in [-0.2, -0.15) is 0 Å². The number of carbonyl (C=O) groups is 1. The molecule has 0 radical (unpaired) electrons. The number of halogens is 3. The van der Waals surface area contributed by atoms with E-state index in [4.69, 9.17) is 9.84 Å². The van der Waals surface area contributed by atoms with Crippen molar-refractivity contribution in [3.8, 4) is 11.1 Å². The Labute approximate surface area is 191 Å². The number of ether oxygens (including phenoxy) is 1. The van der Waals surface area contributed by atoms with Gasteiger partial charge in [-0.15, -0.1) is 0 Å². The van der Waals surface area contributed by atoms with Crippen molar-refractivity contribution in [3.63, 3.8) is 0 Å². The van der Waals surface area contributed by atoms with Crippen molar-refractivity contribution in [1.29, 1.82) is 0 Å². The van der Waals surface area contributed by atoms with E-state index in [0.29, 0.717) is 30.5 Å². The summed E-state index contributed by atoms with van der Waals surface area (Å²) in [6.07, 6.45) is 0.497. The number of amides is 1. The van der Waals surface area contributed by atoms with E-state index in [9.17, 15) is 18.0 Å². The van der Waals surface area contributed by atoms with Crippen LogP contribution in [0.2, 0.25) is 0 Å². The van der Waals surface area contributed by atoms with Crippen LogP contribution in [0, 0.1) is 17.5 Å². The fourth-order valence-corrected chi connectivity index (χ4v) is 3.60. The molecule has 0 bridgehead atoms. The van der Waals surface area contributed by atoms with Gasteiger partial charge in [-0.05, 0) is 42.3 Å². The van der Waals surface area contributed by atoms with Gasteiger partial charge >= 0.3 is 6.09 Å². The minimum atomic E-state index is -0.611. The number of nitrogens with zero attached hydrogens (tertiary/aromatic N) is 1. The molecule has 0 saturated carbocycles. The van der Waals surface area contributed by atoms with E-state index in [1.54, 1.807) is 35.2 Å². The zero-order chi connectivity index (χ0) is 23.8. The summed E-state index contributed by atoms with van der Waals surface area (Å²) in [5, 5.41) is 8.96. The average molecular weight is 457 g/mol. The van der Waals surface area contributed by atoms with Gasteiger partial charge < -0.3 is 14.7 Å². The van der Waals surface area contributed by atoms with Gasteiger partial charge in [0.2, 0.25) is 0 Å². The summed E-state index contributed by atoms with van der Waals surface area (Å²) in [4.78, 5) is 13.8. The van der Waals surface area contributed by atoms with Gasteiger partial charge in [-0.3, -0.25) is 0 Å². The standard InChI is InChI=1S/C20H21F2NO3.C6H5F/c1-13(23-10-8-17(9-11-24)26-20(23)25)14-2-4-15(5-3-14)18-7-6-16(21)12-19(18)22;7-6-4-2-1-3-5-6/h2-7,12-13,17,24H,8-11H2,1H3;1-5H. The predicted molar refractivity (Wildman–Crippen MR) is 120 cm³/mol. The van der Waals surface area contributed by atoms with Crippen LogP contribution >= 0.6 is 0 Å². The number of cyclic esters (lactones) is 1. The highest BCUT2D eigenvalue weighted by Crippen LogP contribution is 2.29. The average Bonchev–Trinajstić information content (AvgIpc) is 2.80. The van der Waals surface area contributed by atoms with Crippen LogP contribution in [0.1, 0.15) is 31.4 Å². The van der Waals surface area contributed by atoms with E-state index < -0.39 is 17.7 Å². The second-order valence-corrected chi connectivity index (χ2v) is 7.72. The molecule has 0 aromatic heterocycles. The molecule has 1 fully saturated rings. The Kier molecular flexibility index (Phi) is 8.49. The van der Waals surface area contributed by atoms with Crippen LogP contribution in [0.5, 0.6) is 0 Å². The van der Waals surface area contributed by atoms with E-state index in [0.717, 1.165) is 11.6 Å². The second kappa shape index (κ2) is 11.5. The Morgan fingerprint density at radius 1 is 1.00 bits per heavy atom. The molecule has 7 heteroatoms. The normalized spacial score (nSPS) is 16.5. The number of hydrogen-bond acceptors (Lipinski definition) is 3. The number of hydrogen-bond donors (Lipinski definition) is 1. The number of carbonyl (C=O) groups excluding carboxylic acids is 1. The fourth-order valence-electron chi connectivity index (χ4n) is 3.60. The highest BCUT2D eigenvalue weighted by atomic mass is 19.1. The van der Waals surface area contributed by atoms with Crippen molar-refractivity contribution in [2.75, 3.05) is 13.2 Å². The monoisotopic (exact) mass is 457 g/mol. The molecular formula is C26H26F3NO3. The number of benzene rings is 3. The van der Waals surface area contributed by atoms with E-state index in [1.807, 2.05) is 19.1 Å². The SMILES string of the molecule is CC(c1ccc(-c2ccc(F)cc2F)cc1)N1CCC(CCO)OC1=O.Fc1ccccc1. The van der Waals surface area contributed by atoms with Gasteiger partial charge in [0.1, 0.15) is 23.6 Å². The summed E-state index contributed by atoms with van der Waals surface area (Å²) in [5.74, 6) is -1.40. The molecular weight excluding hydrogens is 431 g/mol. The molecule has 0 aliphatic carbocycles. The van der Waals surface area contributed by atoms with Crippen LogP contribution in [0.15, 0.2) is 72.8 Å². The van der Waals surface area contributed by atoms with E-state index in [2.05, 4.69) is 0 Å². The molecule has 1 aliphatic heterocycles. The third-order valence-corrected chi connectivity index (χ3v) is 5.48. The molecule has 0 spiro atoms. The molecule has 3 aromatic rings. The van der Waals surface area contributed by atoms with E-state index >= 15 is 0 Å². The van der Waals surface area contributed by atoms with E-state index in [-0.39, 0.29) is 24.6 Å². The van der Waals surface area contributed by atoms with Crippen LogP contribution in [-0.4, -0.2) is 35.4 Å². The van der Waals surface area contributed by atoms with Crippen molar-refractivity contribution in [3.05, 3.63) is 95.8 Å². The van der Waals surface area contributed by atoms with Crippen molar-refractivity contribution in [2.24, 2.45) is 0 Å². The minimum Gasteiger partial charge on any atom is -0.446 e. The first-order valence-electron chi connectivity index (χ1n) is 10.7. The molecule has 1 heterocycles. The first-order valence-corrected chi connectivity index (χ1v) is 10.7. The van der Waals surface area contributed by atoms with Crippen molar-refractivity contribution in [2.45, 2.75) is 31.9 Å². The summed E-state index contributed by atoms with van der Waals surface area (Å²) in [6.45, 7) is 2.45. The Balaban J connectivity index is 0.000000374. The third kappa shape index (κ3) is 6.58. The first-order chi connectivity index (χ1) is 15.9. The molecule has 1 saturated heterocycles. The Bertz CT molecular complexity index is 1040. The summed E-state index contributed by atoms with van der Waals surface area (Å²) in [7, 11) is 0. The maximum absolute atomic E-state index is 13.9. The molecule has 33 heavy (non-hydrogen) atoms. The van der Waals surface area contributed by atoms with Crippen LogP contribution in [-0.2, 0) is 4.74 Å². The highest BCUT2D eigenvalue weighted by Gasteiger charge is 2.30. The lowest BCUT2D eigenvalue weighted by Gasteiger charge is -2.35. The molecule has 1 amide bonds. The summed E-state index contributed by atoms with van der Waals surface area (Å²) < 4.78 is 44.2. The van der Waals surface area contributed by atoms with Crippen LogP contribution in [0.3, 0.4) is 0 Å². The molecule has 4 rings (SSSR count). The quantitative estimate of drug-likeness (QED) is 0.503. The zero-order valence-electron chi connectivity index (χ0n) is 18.3. The van der Waals surface area contributed by atoms with Gasteiger partial charge in [0, 0.05) is 37.6 Å². The molecule has 4 nitrogen and oxygen atoms in total. The Morgan fingerprint density at radius 2 is 1.70 bits per heavy atom. The summed E-state index contributed by atoms with van der Waals surface area (Å²) in [6, 6.07) is 18.4. The lowest BCUT2D eigenvalue weighted by molar-refractivity contribution is 0.00400. The summed E-state index contributed by atoms with van der Waals surface area (Å²) >= 11 is 0. The van der Waals surface area contributed by atoms with Crippen molar-refractivity contribution >= 4 is 6.09 Å². The molecule has 3 aromatic carbocycles. The number of aliphatic hydroxyl groups is 1. The molecule has 174 valence electrons. The number of aliphatic hydroxyl groups excluding tert-OH is 1. The smallest absolute Gasteiger partial charge is 0.410 e. The maximum atomic E-state index is 13.9. The first kappa shape index (κ1) is 24.3. The summed E-state index contributed by atoms with van der Waals surface area (Å²) in [5.41, 5.74) is 1.87. The Hall–Kier alpha value is -3.32. The largest absolute Gasteiger partial charge is 0.446 e. The lowest BCUT2D eigenvalue weighted by Crippen LogP contribution is -2.43. The minimum absolute atomic E-state index is 0.00505. The highest BCUT2D eigenvalue weighted by molar-refractivity contribution is 5.69. The van der Waals surface area contributed by atoms with Crippen LogP contribution in [0.25, 0.3) is 11.1 Å². The van der Waals surface area contributed by atoms with Crippen molar-refractivity contribution < 1.29 is 27.8 Å². The van der Waals surface area contributed by atoms with E-state index in [1.165, 1.54) is 24.3 Å². The van der Waals surface area contributed by atoms with Gasteiger partial charge in [-0.25, -0.2) is 18.0 Å². The van der Waals surface area contributed by atoms with Crippen molar-refractivity contribution in [1.82, 2.24) is 4.90 Å². The lowest BCUT2D eigenvalue weighted by atomic mass is 10.00. The fraction of sp³-hybridized carbons (Fsp3) is 0.269. The molecule has 2 unspecified atom stereocenters. The van der Waals surface area contributed by atoms with Crippen LogP contribution < -0.4 is 0 Å². The Morgan fingerprint density at radius 3 is 2.24 bits per heavy atom. The zero-order valence-corrected chi connectivity index (χ0v) is 18.3. The molecule has 1 N–H and O–H groups in total.